The lowest BCUT2D eigenvalue weighted by Gasteiger charge is -2.12. The second-order valence-corrected chi connectivity index (χ2v) is 7.41. The lowest BCUT2D eigenvalue weighted by molar-refractivity contribution is -0.118. The van der Waals surface area contributed by atoms with Crippen LogP contribution in [0.4, 0.5) is 5.69 Å². The van der Waals surface area contributed by atoms with Gasteiger partial charge in [0.1, 0.15) is 18.4 Å². The van der Waals surface area contributed by atoms with Gasteiger partial charge in [-0.2, -0.15) is 10.1 Å². The largest absolute Gasteiger partial charge is 0.484 e. The third-order valence-corrected chi connectivity index (χ3v) is 4.83. The zero-order valence-electron chi connectivity index (χ0n) is 17.4. The summed E-state index contributed by atoms with van der Waals surface area (Å²) in [5, 5.41) is 11.4. The second kappa shape index (κ2) is 10.1. The quantitative estimate of drug-likeness (QED) is 0.402. The summed E-state index contributed by atoms with van der Waals surface area (Å²) >= 11 is 6.08. The van der Waals surface area contributed by atoms with E-state index in [9.17, 15) is 4.79 Å². The molecule has 0 spiro atoms. The van der Waals surface area contributed by atoms with Crippen LogP contribution in [0.2, 0.25) is 5.02 Å². The molecule has 1 N–H and O–H groups in total. The summed E-state index contributed by atoms with van der Waals surface area (Å²) in [6.45, 7) is 1.94. The highest BCUT2D eigenvalue weighted by molar-refractivity contribution is 6.31. The zero-order valence-corrected chi connectivity index (χ0v) is 18.1. The molecular weight excluding hydrogens is 432 g/mol. The number of nitrogens with one attached hydrogen (secondary N) is 1. The lowest BCUT2D eigenvalue weighted by atomic mass is 10.2. The number of aromatic nitrogens is 5. The van der Waals surface area contributed by atoms with Gasteiger partial charge < -0.3 is 14.6 Å². The van der Waals surface area contributed by atoms with Gasteiger partial charge in [0.15, 0.2) is 6.61 Å². The number of hydrogen-bond donors (Lipinski definition) is 1. The molecule has 0 radical (unpaired) electrons. The predicted molar refractivity (Wildman–Crippen MR) is 119 cm³/mol. The molecule has 0 aliphatic heterocycles. The number of carbonyl (C=O) groups excluding carboxylic acids is 1. The van der Waals surface area contributed by atoms with Crippen LogP contribution in [0.3, 0.4) is 0 Å². The molecule has 4 aromatic rings. The van der Waals surface area contributed by atoms with Crippen LogP contribution < -0.4 is 10.1 Å². The van der Waals surface area contributed by atoms with E-state index in [1.54, 1.807) is 30.3 Å². The number of aryl methyl sites for hydroxylation is 1. The first-order chi connectivity index (χ1) is 15.6. The Kier molecular flexibility index (Phi) is 6.76. The van der Waals surface area contributed by atoms with Crippen molar-refractivity contribution in [1.82, 2.24) is 24.9 Å². The van der Waals surface area contributed by atoms with Crippen LogP contribution in [0.5, 0.6) is 5.75 Å². The van der Waals surface area contributed by atoms with Gasteiger partial charge >= 0.3 is 0 Å². The van der Waals surface area contributed by atoms with E-state index in [2.05, 4.69) is 32.5 Å². The van der Waals surface area contributed by atoms with Crippen LogP contribution in [0.15, 0.2) is 59.6 Å². The van der Waals surface area contributed by atoms with E-state index in [0.717, 1.165) is 24.8 Å². The zero-order chi connectivity index (χ0) is 22.3. The minimum absolute atomic E-state index is 0.175. The summed E-state index contributed by atoms with van der Waals surface area (Å²) in [6, 6.07) is 12.3. The van der Waals surface area contributed by atoms with E-state index in [-0.39, 0.29) is 12.5 Å². The van der Waals surface area contributed by atoms with E-state index >= 15 is 0 Å². The van der Waals surface area contributed by atoms with Crippen LogP contribution in [0.25, 0.3) is 17.1 Å². The maximum absolute atomic E-state index is 12.4. The Labute approximate surface area is 189 Å². The molecule has 0 aliphatic carbocycles. The number of nitrogens with zero attached hydrogens (tertiary/aromatic N) is 5. The Morgan fingerprint density at radius 1 is 1.22 bits per heavy atom. The van der Waals surface area contributed by atoms with Gasteiger partial charge in [0.05, 0.1) is 11.4 Å². The van der Waals surface area contributed by atoms with Crippen molar-refractivity contribution in [3.8, 4) is 22.8 Å². The number of halogens is 1. The minimum atomic E-state index is -0.337. The molecule has 10 heteroatoms. The maximum atomic E-state index is 12.4. The summed E-state index contributed by atoms with van der Waals surface area (Å²) < 4.78 is 12.4. The van der Waals surface area contributed by atoms with Crippen LogP contribution in [0, 0.1) is 0 Å². The molecule has 4 rings (SSSR count). The monoisotopic (exact) mass is 452 g/mol. The summed E-state index contributed by atoms with van der Waals surface area (Å²) in [7, 11) is 0. The molecule has 164 valence electrons. The number of amides is 1. The third-order valence-electron chi connectivity index (χ3n) is 4.59. The first-order valence-corrected chi connectivity index (χ1v) is 10.5. The first-order valence-electron chi connectivity index (χ1n) is 10.1. The van der Waals surface area contributed by atoms with Crippen LogP contribution in [-0.2, 0) is 11.2 Å². The van der Waals surface area contributed by atoms with E-state index in [4.69, 9.17) is 20.9 Å². The third kappa shape index (κ3) is 5.30. The van der Waals surface area contributed by atoms with Crippen molar-refractivity contribution in [1.29, 1.82) is 0 Å². The van der Waals surface area contributed by atoms with Gasteiger partial charge in [-0.15, -0.1) is 0 Å². The normalized spacial score (nSPS) is 10.8. The molecule has 1 amide bonds. The highest BCUT2D eigenvalue weighted by Crippen LogP contribution is 2.24. The molecule has 0 unspecified atom stereocenters. The molecule has 0 aliphatic rings. The smallest absolute Gasteiger partial charge is 0.262 e. The molecule has 0 atom stereocenters. The molecule has 2 aromatic carbocycles. The molecule has 9 nitrogen and oxygen atoms in total. The lowest BCUT2D eigenvalue weighted by Crippen LogP contribution is -2.21. The SMILES string of the molecule is CCCCc1nc(-c2ccc(OCC(=O)Nc3cc(Cl)ccc3-n3cncn3)cc2)no1. The Bertz CT molecular complexity index is 1170. The van der Waals surface area contributed by atoms with Gasteiger partial charge in [0.2, 0.25) is 11.7 Å². The second-order valence-electron chi connectivity index (χ2n) is 6.98. The van der Waals surface area contributed by atoms with Gasteiger partial charge in [0.25, 0.3) is 5.91 Å². The molecule has 0 saturated carbocycles. The highest BCUT2D eigenvalue weighted by atomic mass is 35.5. The number of rotatable bonds is 9. The summed E-state index contributed by atoms with van der Waals surface area (Å²) in [5.41, 5.74) is 1.95. The molecule has 32 heavy (non-hydrogen) atoms. The van der Waals surface area contributed by atoms with E-state index in [0.29, 0.717) is 33.9 Å². The minimum Gasteiger partial charge on any atom is -0.484 e. The summed E-state index contributed by atoms with van der Waals surface area (Å²) in [4.78, 5) is 20.8. The Hall–Kier alpha value is -3.72. The van der Waals surface area contributed by atoms with Crippen molar-refractivity contribution in [2.75, 3.05) is 11.9 Å². The van der Waals surface area contributed by atoms with E-state index in [1.165, 1.54) is 17.3 Å². The van der Waals surface area contributed by atoms with Crippen molar-refractivity contribution in [3.05, 3.63) is 66.0 Å². The molecule has 2 heterocycles. The fourth-order valence-corrected chi connectivity index (χ4v) is 3.15. The molecular formula is C22H21ClN6O3. The summed E-state index contributed by atoms with van der Waals surface area (Å²) in [5.74, 6) is 1.37. The van der Waals surface area contributed by atoms with Crippen molar-refractivity contribution in [2.45, 2.75) is 26.2 Å². The number of carbonyl (C=O) groups is 1. The van der Waals surface area contributed by atoms with Crippen molar-refractivity contribution in [3.63, 3.8) is 0 Å². The van der Waals surface area contributed by atoms with Crippen molar-refractivity contribution < 1.29 is 14.1 Å². The maximum Gasteiger partial charge on any atom is 0.262 e. The van der Waals surface area contributed by atoms with Gasteiger partial charge in [-0.1, -0.05) is 30.1 Å². The first kappa shape index (κ1) is 21.5. The fraction of sp³-hybridized carbons (Fsp3) is 0.227. The number of hydrogen-bond acceptors (Lipinski definition) is 7. The average molecular weight is 453 g/mol. The van der Waals surface area contributed by atoms with Crippen molar-refractivity contribution >= 4 is 23.2 Å². The predicted octanol–water partition coefficient (Wildman–Crippen LogP) is 4.33. The number of ether oxygens (including phenoxy) is 1. The van der Waals surface area contributed by atoms with Crippen molar-refractivity contribution in [2.24, 2.45) is 0 Å². The molecule has 0 fully saturated rings. The average Bonchev–Trinajstić information content (AvgIpc) is 3.49. The van der Waals surface area contributed by atoms with Gasteiger partial charge in [-0.05, 0) is 48.9 Å². The molecule has 0 saturated heterocycles. The summed E-state index contributed by atoms with van der Waals surface area (Å²) in [6.07, 6.45) is 5.79. The highest BCUT2D eigenvalue weighted by Gasteiger charge is 2.12. The van der Waals surface area contributed by atoms with Gasteiger partial charge in [-0.25, -0.2) is 9.67 Å². The Morgan fingerprint density at radius 2 is 2.06 bits per heavy atom. The van der Waals surface area contributed by atoms with Crippen LogP contribution in [-0.4, -0.2) is 37.4 Å². The van der Waals surface area contributed by atoms with Crippen LogP contribution in [0.1, 0.15) is 25.7 Å². The molecule has 0 bridgehead atoms. The Balaban J connectivity index is 1.36. The topological polar surface area (TPSA) is 108 Å². The number of benzene rings is 2. The molecule has 2 aromatic heterocycles. The number of unbranched alkanes of at least 4 members (excludes halogenated alkanes) is 1. The fourth-order valence-electron chi connectivity index (χ4n) is 2.98. The standard InChI is InChI=1S/C22H21ClN6O3/c1-2-3-4-21-27-22(28-32-21)15-5-8-17(9-6-15)31-12-20(30)26-18-11-16(23)7-10-19(18)29-14-24-13-25-29/h5-11,13-14H,2-4,12H2,1H3,(H,26,30). The van der Waals surface area contributed by atoms with Crippen LogP contribution >= 0.6 is 11.6 Å². The van der Waals surface area contributed by atoms with Gasteiger partial charge in [0, 0.05) is 17.0 Å². The van der Waals surface area contributed by atoms with Gasteiger partial charge in [-0.3, -0.25) is 4.79 Å². The number of anilines is 1. The Morgan fingerprint density at radius 3 is 2.81 bits per heavy atom. The van der Waals surface area contributed by atoms with E-state index in [1.807, 2.05) is 12.1 Å². The van der Waals surface area contributed by atoms with E-state index < -0.39 is 0 Å².